The Morgan fingerprint density at radius 3 is 2.38 bits per heavy atom. The van der Waals surface area contributed by atoms with E-state index in [0.717, 1.165) is 17.2 Å². The number of anilines is 1. The molecule has 0 atom stereocenters. The van der Waals surface area contributed by atoms with Gasteiger partial charge >= 0.3 is 5.69 Å². The number of hydrazone groups is 1. The van der Waals surface area contributed by atoms with Gasteiger partial charge in [0.1, 0.15) is 5.69 Å². The molecule has 0 aliphatic heterocycles. The maximum Gasteiger partial charge on any atom is 0.301 e. The van der Waals surface area contributed by atoms with Gasteiger partial charge in [0.25, 0.3) is 5.69 Å². The molecule has 2 aromatic carbocycles. The second kappa shape index (κ2) is 7.63. The number of allylic oxidation sites excluding steroid dienone is 1. The van der Waals surface area contributed by atoms with Crippen molar-refractivity contribution >= 4 is 29.4 Å². The number of non-ortho nitro benzene ring substituents is 1. The molecule has 0 unspecified atom stereocenters. The lowest BCUT2D eigenvalue weighted by atomic mass is 10.1. The van der Waals surface area contributed by atoms with Crippen LogP contribution in [0.15, 0.2) is 53.6 Å². The van der Waals surface area contributed by atoms with Crippen molar-refractivity contribution in [3.63, 3.8) is 0 Å². The summed E-state index contributed by atoms with van der Waals surface area (Å²) in [6, 6.07) is 10.8. The number of nitrogens with one attached hydrogen (secondary N) is 1. The highest BCUT2D eigenvalue weighted by molar-refractivity contribution is 5.86. The van der Waals surface area contributed by atoms with Crippen molar-refractivity contribution in [3.05, 3.63) is 79.9 Å². The van der Waals surface area contributed by atoms with E-state index in [9.17, 15) is 20.2 Å². The van der Waals surface area contributed by atoms with E-state index in [0.29, 0.717) is 0 Å². The maximum absolute atomic E-state index is 11.1. The average Bonchev–Trinajstić information content (AvgIpc) is 2.56. The van der Waals surface area contributed by atoms with E-state index in [-0.39, 0.29) is 11.4 Å². The Kier molecular flexibility index (Phi) is 5.35. The van der Waals surface area contributed by atoms with E-state index in [2.05, 4.69) is 10.5 Å². The molecule has 8 nitrogen and oxygen atoms in total. The molecule has 0 amide bonds. The highest BCUT2D eigenvalue weighted by atomic mass is 16.6. The quantitative estimate of drug-likeness (QED) is 0.490. The van der Waals surface area contributed by atoms with Crippen LogP contribution in [0.5, 0.6) is 0 Å². The zero-order valence-corrected chi connectivity index (χ0v) is 12.7. The molecule has 2 rings (SSSR count). The highest BCUT2D eigenvalue weighted by Crippen LogP contribution is 2.28. The topological polar surface area (TPSA) is 111 Å². The molecule has 0 radical (unpaired) electrons. The van der Waals surface area contributed by atoms with Crippen molar-refractivity contribution in [2.24, 2.45) is 5.10 Å². The molecule has 0 fully saturated rings. The summed E-state index contributed by atoms with van der Waals surface area (Å²) in [5, 5.41) is 25.8. The summed E-state index contributed by atoms with van der Waals surface area (Å²) in [4.78, 5) is 20.4. The summed E-state index contributed by atoms with van der Waals surface area (Å²) in [6.45, 7) is 1.90. The summed E-state index contributed by atoms with van der Waals surface area (Å²) in [5.41, 5.74) is 3.64. The van der Waals surface area contributed by atoms with Gasteiger partial charge in [-0.1, -0.05) is 36.4 Å². The van der Waals surface area contributed by atoms with E-state index in [1.165, 1.54) is 18.3 Å². The Labute approximate surface area is 137 Å². The summed E-state index contributed by atoms with van der Waals surface area (Å²) < 4.78 is 0. The van der Waals surface area contributed by atoms with E-state index in [4.69, 9.17) is 0 Å². The third-order valence-electron chi connectivity index (χ3n) is 3.12. The lowest BCUT2D eigenvalue weighted by Gasteiger charge is -2.03. The molecule has 8 heteroatoms. The molecular formula is C16H14N4O4. The normalized spacial score (nSPS) is 11.0. The fourth-order valence-electron chi connectivity index (χ4n) is 2.01. The van der Waals surface area contributed by atoms with Gasteiger partial charge in [0.15, 0.2) is 0 Å². The van der Waals surface area contributed by atoms with Crippen LogP contribution < -0.4 is 5.43 Å². The second-order valence-electron chi connectivity index (χ2n) is 4.71. The van der Waals surface area contributed by atoms with Gasteiger partial charge in [0, 0.05) is 11.6 Å². The van der Waals surface area contributed by atoms with Crippen LogP contribution in [0.4, 0.5) is 17.1 Å². The molecule has 0 bridgehead atoms. The molecule has 1 N–H and O–H groups in total. The highest BCUT2D eigenvalue weighted by Gasteiger charge is 2.19. The molecule has 2 aromatic rings. The van der Waals surface area contributed by atoms with Crippen molar-refractivity contribution in [2.45, 2.75) is 6.92 Å². The largest absolute Gasteiger partial charge is 0.301 e. The van der Waals surface area contributed by atoms with Crippen LogP contribution in [0, 0.1) is 20.2 Å². The number of nitrogens with zero attached hydrogens (tertiary/aromatic N) is 3. The molecule has 122 valence electrons. The Hall–Kier alpha value is -3.55. The van der Waals surface area contributed by atoms with Gasteiger partial charge in [-0.3, -0.25) is 25.7 Å². The summed E-state index contributed by atoms with van der Waals surface area (Å²) in [6.07, 6.45) is 5.33. The zero-order chi connectivity index (χ0) is 17.5. The third-order valence-corrected chi connectivity index (χ3v) is 3.12. The van der Waals surface area contributed by atoms with E-state index >= 15 is 0 Å². The van der Waals surface area contributed by atoms with E-state index in [1.807, 2.05) is 43.3 Å². The molecule has 24 heavy (non-hydrogen) atoms. The number of hydrogen-bond donors (Lipinski definition) is 1. The number of nitro benzene ring substituents is 2. The van der Waals surface area contributed by atoms with E-state index in [1.54, 1.807) is 0 Å². The minimum absolute atomic E-state index is 0.0744. The van der Waals surface area contributed by atoms with Gasteiger partial charge in [-0.25, -0.2) is 0 Å². The lowest BCUT2D eigenvalue weighted by Crippen LogP contribution is -1.99. The molecule has 0 heterocycles. The number of benzene rings is 2. The van der Waals surface area contributed by atoms with Crippen LogP contribution >= 0.6 is 0 Å². The van der Waals surface area contributed by atoms with Crippen molar-refractivity contribution in [1.82, 2.24) is 0 Å². The molecular weight excluding hydrogens is 312 g/mol. The molecule has 0 saturated heterocycles. The smallest absolute Gasteiger partial charge is 0.272 e. The van der Waals surface area contributed by atoms with Crippen LogP contribution in [0.2, 0.25) is 0 Å². The first kappa shape index (κ1) is 16.8. The first-order valence-corrected chi connectivity index (χ1v) is 6.96. The molecule has 0 aliphatic carbocycles. The number of rotatable bonds is 6. The molecule has 0 aliphatic rings. The fourth-order valence-corrected chi connectivity index (χ4v) is 2.01. The van der Waals surface area contributed by atoms with Gasteiger partial charge in [-0.2, -0.15) is 5.10 Å². The zero-order valence-electron chi connectivity index (χ0n) is 12.7. The SMILES string of the molecule is C/C=C/c1ccccc1/C=N/Nc1ccc([N+](=O)[O-])cc1[N+](=O)[O-]. The van der Waals surface area contributed by atoms with Crippen LogP contribution in [-0.4, -0.2) is 16.1 Å². The molecule has 0 spiro atoms. The van der Waals surface area contributed by atoms with Gasteiger partial charge < -0.3 is 0 Å². The Morgan fingerprint density at radius 1 is 1.04 bits per heavy atom. The Balaban J connectivity index is 2.26. The first-order chi connectivity index (χ1) is 11.5. The Bertz CT molecular complexity index is 831. The van der Waals surface area contributed by atoms with Gasteiger partial charge in [0.2, 0.25) is 0 Å². The van der Waals surface area contributed by atoms with Gasteiger partial charge in [0.05, 0.1) is 22.1 Å². The average molecular weight is 326 g/mol. The summed E-state index contributed by atoms with van der Waals surface area (Å²) in [7, 11) is 0. The predicted octanol–water partition coefficient (Wildman–Crippen LogP) is 3.98. The molecule has 0 saturated carbocycles. The number of hydrogen-bond acceptors (Lipinski definition) is 6. The van der Waals surface area contributed by atoms with E-state index < -0.39 is 15.5 Å². The predicted molar refractivity (Wildman–Crippen MR) is 92.1 cm³/mol. The van der Waals surface area contributed by atoms with Crippen LogP contribution in [0.1, 0.15) is 18.1 Å². The van der Waals surface area contributed by atoms with Crippen molar-refractivity contribution < 1.29 is 9.85 Å². The third kappa shape index (κ3) is 4.01. The minimum Gasteiger partial charge on any atom is -0.272 e. The van der Waals surface area contributed by atoms with Gasteiger partial charge in [-0.05, 0) is 18.6 Å². The minimum atomic E-state index is -0.696. The lowest BCUT2D eigenvalue weighted by molar-refractivity contribution is -0.393. The number of nitro groups is 2. The standard InChI is InChI=1S/C16H14N4O4/c1-2-5-12-6-3-4-7-13(12)11-17-18-15-9-8-14(19(21)22)10-16(15)20(23)24/h2-11,18H,1H3/b5-2+,17-11+. The van der Waals surface area contributed by atoms with Crippen LogP contribution in [-0.2, 0) is 0 Å². The van der Waals surface area contributed by atoms with Crippen molar-refractivity contribution in [2.75, 3.05) is 5.43 Å². The maximum atomic E-state index is 11.1. The van der Waals surface area contributed by atoms with Gasteiger partial charge in [-0.15, -0.1) is 0 Å². The van der Waals surface area contributed by atoms with Crippen LogP contribution in [0.3, 0.4) is 0 Å². The van der Waals surface area contributed by atoms with Crippen LogP contribution in [0.25, 0.3) is 6.08 Å². The summed E-state index contributed by atoms with van der Waals surface area (Å²) in [5.74, 6) is 0. The Morgan fingerprint density at radius 2 is 1.75 bits per heavy atom. The molecule has 0 aromatic heterocycles. The fraction of sp³-hybridized carbons (Fsp3) is 0.0625. The van der Waals surface area contributed by atoms with Crippen molar-refractivity contribution in [1.29, 1.82) is 0 Å². The summed E-state index contributed by atoms with van der Waals surface area (Å²) >= 11 is 0. The monoisotopic (exact) mass is 326 g/mol. The second-order valence-corrected chi connectivity index (χ2v) is 4.71. The van der Waals surface area contributed by atoms with Crippen molar-refractivity contribution in [3.8, 4) is 0 Å². The first-order valence-electron chi connectivity index (χ1n) is 6.96.